The van der Waals surface area contributed by atoms with Crippen LogP contribution in [0.2, 0.25) is 4.47 Å². The molecule has 1 aromatic carbocycles. The second kappa shape index (κ2) is 6.46. The van der Waals surface area contributed by atoms with Crippen LogP contribution in [0.25, 0.3) is 0 Å². The van der Waals surface area contributed by atoms with Crippen molar-refractivity contribution in [1.29, 1.82) is 5.26 Å². The molecule has 0 spiro atoms. The summed E-state index contributed by atoms with van der Waals surface area (Å²) in [5.74, 6) is -0.232. The summed E-state index contributed by atoms with van der Waals surface area (Å²) in [5.41, 5.74) is 1.37. The standard InChI is InChI=1S/C13H11ClN4OS/c1-2-18(12(19)11-16-17-13(14)20-11)8-10-6-4-3-5-9(10)7-15/h3-6H,2,8H2,1H3. The third-order valence-corrected chi connectivity index (χ3v) is 3.76. The molecule has 0 N–H and O–H groups in total. The molecule has 2 rings (SSSR count). The highest BCUT2D eigenvalue weighted by molar-refractivity contribution is 7.17. The molecule has 0 bridgehead atoms. The second-order valence-electron chi connectivity index (χ2n) is 3.95. The summed E-state index contributed by atoms with van der Waals surface area (Å²) in [6.45, 7) is 2.74. The van der Waals surface area contributed by atoms with Crippen LogP contribution in [0.15, 0.2) is 24.3 Å². The van der Waals surface area contributed by atoms with Crippen molar-refractivity contribution < 1.29 is 4.79 Å². The number of hydrogen-bond donors (Lipinski definition) is 0. The van der Waals surface area contributed by atoms with Crippen molar-refractivity contribution in [3.8, 4) is 6.07 Å². The Hall–Kier alpha value is -1.97. The highest BCUT2D eigenvalue weighted by Crippen LogP contribution is 2.18. The first-order valence-electron chi connectivity index (χ1n) is 5.92. The first-order valence-corrected chi connectivity index (χ1v) is 7.11. The minimum Gasteiger partial charge on any atom is -0.332 e. The van der Waals surface area contributed by atoms with E-state index in [1.807, 2.05) is 19.1 Å². The monoisotopic (exact) mass is 306 g/mol. The maximum Gasteiger partial charge on any atom is 0.285 e. The van der Waals surface area contributed by atoms with Crippen LogP contribution in [-0.2, 0) is 6.54 Å². The number of hydrogen-bond acceptors (Lipinski definition) is 5. The molecule has 0 unspecified atom stereocenters. The minimum absolute atomic E-state index is 0.232. The molecular weight excluding hydrogens is 296 g/mol. The van der Waals surface area contributed by atoms with Crippen molar-refractivity contribution >= 4 is 28.8 Å². The van der Waals surface area contributed by atoms with Gasteiger partial charge in [-0.15, -0.1) is 10.2 Å². The number of rotatable bonds is 4. The highest BCUT2D eigenvalue weighted by atomic mass is 35.5. The zero-order valence-corrected chi connectivity index (χ0v) is 12.3. The van der Waals surface area contributed by atoms with Crippen molar-refractivity contribution in [3.63, 3.8) is 0 Å². The molecule has 2 aromatic rings. The Labute approximate surface area is 125 Å². The first kappa shape index (κ1) is 14.4. The van der Waals surface area contributed by atoms with Gasteiger partial charge in [0.25, 0.3) is 5.91 Å². The summed E-state index contributed by atoms with van der Waals surface area (Å²) in [6.07, 6.45) is 0. The molecule has 0 fully saturated rings. The second-order valence-corrected chi connectivity index (χ2v) is 5.51. The number of benzene rings is 1. The maximum absolute atomic E-state index is 12.3. The Kier molecular flexibility index (Phi) is 4.66. The molecule has 0 aliphatic rings. The fraction of sp³-hybridized carbons (Fsp3) is 0.231. The lowest BCUT2D eigenvalue weighted by Crippen LogP contribution is -2.30. The third-order valence-electron chi connectivity index (χ3n) is 2.75. The van der Waals surface area contributed by atoms with Crippen molar-refractivity contribution in [1.82, 2.24) is 15.1 Å². The van der Waals surface area contributed by atoms with Gasteiger partial charge < -0.3 is 4.90 Å². The lowest BCUT2D eigenvalue weighted by atomic mass is 10.1. The molecule has 0 aliphatic heterocycles. The molecule has 1 heterocycles. The Morgan fingerprint density at radius 1 is 1.45 bits per heavy atom. The van der Waals surface area contributed by atoms with Gasteiger partial charge in [0.1, 0.15) is 0 Å². The van der Waals surface area contributed by atoms with Gasteiger partial charge in [-0.3, -0.25) is 4.79 Å². The zero-order chi connectivity index (χ0) is 14.5. The number of nitriles is 1. The average molecular weight is 307 g/mol. The Balaban J connectivity index is 2.21. The van der Waals surface area contributed by atoms with E-state index in [1.165, 1.54) is 0 Å². The van der Waals surface area contributed by atoms with Gasteiger partial charge >= 0.3 is 0 Å². The fourth-order valence-electron chi connectivity index (χ4n) is 1.73. The molecule has 1 amide bonds. The van der Waals surface area contributed by atoms with Gasteiger partial charge in [-0.2, -0.15) is 5.26 Å². The normalized spacial score (nSPS) is 10.1. The molecule has 0 radical (unpaired) electrons. The van der Waals surface area contributed by atoms with Gasteiger partial charge in [0, 0.05) is 13.1 Å². The highest BCUT2D eigenvalue weighted by Gasteiger charge is 2.19. The van der Waals surface area contributed by atoms with Gasteiger partial charge in [-0.25, -0.2) is 0 Å². The number of amides is 1. The van der Waals surface area contributed by atoms with Gasteiger partial charge in [-0.1, -0.05) is 29.5 Å². The van der Waals surface area contributed by atoms with E-state index in [9.17, 15) is 4.79 Å². The largest absolute Gasteiger partial charge is 0.332 e. The topological polar surface area (TPSA) is 69.9 Å². The number of halogens is 1. The Morgan fingerprint density at radius 2 is 2.20 bits per heavy atom. The fourth-order valence-corrected chi connectivity index (χ4v) is 2.52. The molecule has 7 heteroatoms. The minimum atomic E-state index is -0.232. The van der Waals surface area contributed by atoms with Crippen LogP contribution in [0, 0.1) is 11.3 Å². The first-order chi connectivity index (χ1) is 9.65. The van der Waals surface area contributed by atoms with Crippen LogP contribution in [0.1, 0.15) is 27.9 Å². The van der Waals surface area contributed by atoms with E-state index < -0.39 is 0 Å². The molecule has 5 nitrogen and oxygen atoms in total. The quantitative estimate of drug-likeness (QED) is 0.871. The summed E-state index contributed by atoms with van der Waals surface area (Å²) in [4.78, 5) is 13.9. The van der Waals surface area contributed by atoms with Crippen LogP contribution >= 0.6 is 22.9 Å². The van der Waals surface area contributed by atoms with Crippen molar-refractivity contribution in [2.24, 2.45) is 0 Å². The lowest BCUT2D eigenvalue weighted by molar-refractivity contribution is 0.0751. The smallest absolute Gasteiger partial charge is 0.285 e. The molecule has 0 saturated heterocycles. The number of nitrogens with zero attached hydrogens (tertiary/aromatic N) is 4. The van der Waals surface area contributed by atoms with E-state index in [0.717, 1.165) is 16.9 Å². The third kappa shape index (κ3) is 3.13. The molecule has 20 heavy (non-hydrogen) atoms. The van der Waals surface area contributed by atoms with Crippen molar-refractivity contribution in [3.05, 3.63) is 44.9 Å². The van der Waals surface area contributed by atoms with Gasteiger partial charge in [0.15, 0.2) is 0 Å². The lowest BCUT2D eigenvalue weighted by Gasteiger charge is -2.20. The summed E-state index contributed by atoms with van der Waals surface area (Å²) < 4.78 is 0.238. The van der Waals surface area contributed by atoms with E-state index in [0.29, 0.717) is 18.7 Å². The van der Waals surface area contributed by atoms with Crippen LogP contribution < -0.4 is 0 Å². The van der Waals surface area contributed by atoms with E-state index in [1.54, 1.807) is 17.0 Å². The van der Waals surface area contributed by atoms with Crippen LogP contribution in [0.4, 0.5) is 0 Å². The van der Waals surface area contributed by atoms with E-state index in [4.69, 9.17) is 16.9 Å². The molecular formula is C13H11ClN4OS. The van der Waals surface area contributed by atoms with Crippen molar-refractivity contribution in [2.45, 2.75) is 13.5 Å². The summed E-state index contributed by atoms with van der Waals surface area (Å²) in [5, 5.41) is 16.7. The molecule has 0 atom stereocenters. The summed E-state index contributed by atoms with van der Waals surface area (Å²) in [7, 11) is 0. The number of carbonyl (C=O) groups excluding carboxylic acids is 1. The van der Waals surface area contributed by atoms with Gasteiger partial charge in [0.2, 0.25) is 9.47 Å². The molecule has 0 saturated carbocycles. The van der Waals surface area contributed by atoms with Crippen LogP contribution in [0.3, 0.4) is 0 Å². The predicted molar refractivity (Wildman–Crippen MR) is 76.5 cm³/mol. The molecule has 102 valence electrons. The van der Waals surface area contributed by atoms with Gasteiger partial charge in [0.05, 0.1) is 11.6 Å². The summed E-state index contributed by atoms with van der Waals surface area (Å²) in [6, 6.07) is 9.33. The summed E-state index contributed by atoms with van der Waals surface area (Å²) >= 11 is 6.74. The molecule has 0 aliphatic carbocycles. The van der Waals surface area contributed by atoms with E-state index >= 15 is 0 Å². The van der Waals surface area contributed by atoms with Crippen LogP contribution in [0.5, 0.6) is 0 Å². The van der Waals surface area contributed by atoms with E-state index in [2.05, 4.69) is 16.3 Å². The van der Waals surface area contributed by atoms with E-state index in [-0.39, 0.29) is 15.4 Å². The number of aromatic nitrogens is 2. The SMILES string of the molecule is CCN(Cc1ccccc1C#N)C(=O)c1nnc(Cl)s1. The van der Waals surface area contributed by atoms with Gasteiger partial charge in [-0.05, 0) is 30.2 Å². The Morgan fingerprint density at radius 3 is 2.80 bits per heavy atom. The predicted octanol–water partition coefficient (Wildman–Crippen LogP) is 2.73. The zero-order valence-electron chi connectivity index (χ0n) is 10.7. The van der Waals surface area contributed by atoms with Crippen LogP contribution in [-0.4, -0.2) is 27.5 Å². The molecule has 1 aromatic heterocycles. The Bertz CT molecular complexity index is 664. The average Bonchev–Trinajstić information content (AvgIpc) is 2.91. The maximum atomic E-state index is 12.3. The van der Waals surface area contributed by atoms with Crippen molar-refractivity contribution in [2.75, 3.05) is 6.54 Å². The number of carbonyl (C=O) groups is 1.